The molecule has 0 saturated carbocycles. The van der Waals surface area contributed by atoms with Crippen molar-refractivity contribution < 1.29 is 22.7 Å². The molecule has 0 spiro atoms. The van der Waals surface area contributed by atoms with Crippen molar-refractivity contribution in [1.82, 2.24) is 0 Å². The maximum Gasteiger partial charge on any atom is 0.272 e. The van der Waals surface area contributed by atoms with Gasteiger partial charge >= 0.3 is 0 Å². The maximum absolute atomic E-state index is 13.9. The van der Waals surface area contributed by atoms with Gasteiger partial charge in [-0.25, -0.2) is 12.7 Å². The van der Waals surface area contributed by atoms with Gasteiger partial charge in [0, 0.05) is 20.9 Å². The summed E-state index contributed by atoms with van der Waals surface area (Å²) in [5.74, 6) is 0.111. The number of carbonyl (C=O) groups excluding carboxylic acids is 1. The molecule has 4 rings (SSSR count). The highest BCUT2D eigenvalue weighted by Gasteiger charge is 2.55. The number of thiophene rings is 1. The van der Waals surface area contributed by atoms with Gasteiger partial charge in [-0.3, -0.25) is 4.79 Å². The summed E-state index contributed by atoms with van der Waals surface area (Å²) < 4.78 is 39.3. The largest absolute Gasteiger partial charge is 0.497 e. The zero-order chi connectivity index (χ0) is 23.3. The number of benzene rings is 2. The van der Waals surface area contributed by atoms with E-state index in [-0.39, 0.29) is 10.6 Å². The Morgan fingerprint density at radius 2 is 1.81 bits per heavy atom. The zero-order valence-corrected chi connectivity index (χ0v) is 19.8. The summed E-state index contributed by atoms with van der Waals surface area (Å²) in [5.41, 5.74) is 5.96. The number of anilines is 1. The SMILES string of the molecule is CCOc1ccccc1C1(N)C(=O)N(S(=O)(=O)c2cc(C)sc2C)c2ccc(OC)cc21. The van der Waals surface area contributed by atoms with Crippen molar-refractivity contribution in [2.24, 2.45) is 5.73 Å². The number of para-hydroxylation sites is 1. The standard InChI is InChI=1S/C23H24N2O5S2/c1-5-30-20-9-7-6-8-17(20)23(24)18-13-16(29-4)10-11-19(18)25(22(23)26)32(27,28)21-12-14(2)31-15(21)3/h6-13H,5,24H2,1-4H3. The molecule has 2 heterocycles. The van der Waals surface area contributed by atoms with Gasteiger partial charge in [-0.1, -0.05) is 18.2 Å². The number of hydrogen-bond acceptors (Lipinski definition) is 7. The summed E-state index contributed by atoms with van der Waals surface area (Å²) in [6.45, 7) is 5.74. The number of nitrogens with zero attached hydrogens (tertiary/aromatic N) is 1. The molecule has 1 amide bonds. The Morgan fingerprint density at radius 1 is 1.09 bits per heavy atom. The fourth-order valence-electron chi connectivity index (χ4n) is 4.05. The quantitative estimate of drug-likeness (QED) is 0.587. The van der Waals surface area contributed by atoms with E-state index in [1.54, 1.807) is 55.5 Å². The summed E-state index contributed by atoms with van der Waals surface area (Å²) in [7, 11) is -2.71. The molecule has 168 valence electrons. The molecule has 0 bridgehead atoms. The second-order valence-corrected chi connectivity index (χ2v) is 10.7. The van der Waals surface area contributed by atoms with Crippen LogP contribution in [0.2, 0.25) is 0 Å². The third-order valence-corrected chi connectivity index (χ3v) is 8.41. The topological polar surface area (TPSA) is 98.9 Å². The molecule has 2 aromatic carbocycles. The fraction of sp³-hybridized carbons (Fsp3) is 0.261. The van der Waals surface area contributed by atoms with Crippen LogP contribution < -0.4 is 19.5 Å². The molecular formula is C23H24N2O5S2. The summed E-state index contributed by atoms with van der Waals surface area (Å²) in [5, 5.41) is 0. The number of aryl methyl sites for hydroxylation is 2. The van der Waals surface area contributed by atoms with Gasteiger partial charge in [0.05, 0.1) is 19.4 Å². The Morgan fingerprint density at radius 3 is 2.44 bits per heavy atom. The minimum Gasteiger partial charge on any atom is -0.497 e. The van der Waals surface area contributed by atoms with Gasteiger partial charge in [-0.05, 0) is 51.1 Å². The first kappa shape index (κ1) is 22.3. The molecule has 0 aliphatic carbocycles. The van der Waals surface area contributed by atoms with Gasteiger partial charge < -0.3 is 15.2 Å². The van der Waals surface area contributed by atoms with Crippen LogP contribution in [0.3, 0.4) is 0 Å². The smallest absolute Gasteiger partial charge is 0.272 e. The van der Waals surface area contributed by atoms with E-state index in [1.165, 1.54) is 18.4 Å². The fourth-order valence-corrected chi connectivity index (χ4v) is 7.06. The highest BCUT2D eigenvalue weighted by Crippen LogP contribution is 2.49. The summed E-state index contributed by atoms with van der Waals surface area (Å²) in [4.78, 5) is 15.4. The predicted octanol–water partition coefficient (Wildman–Crippen LogP) is 3.71. The Bertz CT molecular complexity index is 1320. The van der Waals surface area contributed by atoms with Crippen molar-refractivity contribution in [1.29, 1.82) is 0 Å². The minimum absolute atomic E-state index is 0.0949. The minimum atomic E-state index is -4.20. The van der Waals surface area contributed by atoms with E-state index < -0.39 is 21.5 Å². The molecule has 3 aromatic rings. The summed E-state index contributed by atoms with van der Waals surface area (Å²) in [6, 6.07) is 13.3. The van der Waals surface area contributed by atoms with Gasteiger partial charge in [-0.15, -0.1) is 11.3 Å². The zero-order valence-electron chi connectivity index (χ0n) is 18.2. The predicted molar refractivity (Wildman–Crippen MR) is 124 cm³/mol. The van der Waals surface area contributed by atoms with Gasteiger partial charge in [0.25, 0.3) is 15.9 Å². The number of ether oxygens (including phenoxy) is 2. The Kier molecular flexibility index (Phi) is 5.52. The molecule has 0 radical (unpaired) electrons. The average Bonchev–Trinajstić information content (AvgIpc) is 3.23. The third kappa shape index (κ3) is 3.19. The first-order valence-corrected chi connectivity index (χ1v) is 12.3. The number of sulfonamides is 1. The lowest BCUT2D eigenvalue weighted by Crippen LogP contribution is -2.49. The van der Waals surface area contributed by atoms with Crippen molar-refractivity contribution in [3.8, 4) is 11.5 Å². The Hall–Kier alpha value is -2.88. The van der Waals surface area contributed by atoms with Crippen LogP contribution in [-0.2, 0) is 20.4 Å². The molecule has 7 nitrogen and oxygen atoms in total. The van der Waals surface area contributed by atoms with E-state index >= 15 is 0 Å². The van der Waals surface area contributed by atoms with E-state index in [9.17, 15) is 13.2 Å². The first-order chi connectivity index (χ1) is 15.2. The normalized spacial score (nSPS) is 18.0. The van der Waals surface area contributed by atoms with Crippen molar-refractivity contribution >= 4 is 33.0 Å². The highest BCUT2D eigenvalue weighted by atomic mass is 32.2. The summed E-state index contributed by atoms with van der Waals surface area (Å²) >= 11 is 1.36. The molecule has 1 aromatic heterocycles. The van der Waals surface area contributed by atoms with E-state index in [1.807, 2.05) is 13.8 Å². The Labute approximate surface area is 191 Å². The van der Waals surface area contributed by atoms with Crippen LogP contribution in [0, 0.1) is 13.8 Å². The van der Waals surface area contributed by atoms with E-state index in [0.717, 1.165) is 9.18 Å². The van der Waals surface area contributed by atoms with Gasteiger partial charge in [0.2, 0.25) is 0 Å². The van der Waals surface area contributed by atoms with Crippen LogP contribution in [0.15, 0.2) is 53.4 Å². The molecule has 0 saturated heterocycles. The number of rotatable bonds is 6. The molecular weight excluding hydrogens is 448 g/mol. The van der Waals surface area contributed by atoms with Crippen LogP contribution in [0.1, 0.15) is 27.8 Å². The van der Waals surface area contributed by atoms with Crippen molar-refractivity contribution in [2.75, 3.05) is 18.0 Å². The molecule has 1 aliphatic rings. The van der Waals surface area contributed by atoms with Crippen LogP contribution in [0.4, 0.5) is 5.69 Å². The van der Waals surface area contributed by atoms with Crippen LogP contribution >= 0.6 is 11.3 Å². The highest BCUT2D eigenvalue weighted by molar-refractivity contribution is 7.93. The number of nitrogens with two attached hydrogens (primary N) is 1. The molecule has 0 fully saturated rings. The van der Waals surface area contributed by atoms with Crippen LogP contribution in [-0.4, -0.2) is 28.0 Å². The number of amides is 1. The lowest BCUT2D eigenvalue weighted by molar-refractivity contribution is -0.120. The molecule has 1 atom stereocenters. The Balaban J connectivity index is 2.00. The second-order valence-electron chi connectivity index (χ2n) is 7.47. The van der Waals surface area contributed by atoms with Gasteiger partial charge in [0.1, 0.15) is 16.4 Å². The third-order valence-electron chi connectivity index (χ3n) is 5.49. The summed E-state index contributed by atoms with van der Waals surface area (Å²) in [6.07, 6.45) is 0. The molecule has 9 heteroatoms. The van der Waals surface area contributed by atoms with Crippen LogP contribution in [0.5, 0.6) is 11.5 Å². The lowest BCUT2D eigenvalue weighted by atomic mass is 9.84. The van der Waals surface area contributed by atoms with E-state index in [0.29, 0.717) is 34.1 Å². The second kappa shape index (κ2) is 7.91. The van der Waals surface area contributed by atoms with Crippen molar-refractivity contribution in [2.45, 2.75) is 31.2 Å². The number of methoxy groups -OCH3 is 1. The monoisotopic (exact) mass is 472 g/mol. The molecule has 1 aliphatic heterocycles. The molecule has 2 N–H and O–H groups in total. The first-order valence-electron chi connectivity index (χ1n) is 10.0. The number of hydrogen-bond donors (Lipinski definition) is 1. The number of fused-ring (bicyclic) bond motifs is 1. The average molecular weight is 473 g/mol. The van der Waals surface area contributed by atoms with Crippen LogP contribution in [0.25, 0.3) is 0 Å². The number of carbonyl (C=O) groups is 1. The van der Waals surface area contributed by atoms with E-state index in [2.05, 4.69) is 0 Å². The van der Waals surface area contributed by atoms with E-state index in [4.69, 9.17) is 15.2 Å². The van der Waals surface area contributed by atoms with Gasteiger partial charge in [-0.2, -0.15) is 0 Å². The maximum atomic E-state index is 13.9. The van der Waals surface area contributed by atoms with Crippen molar-refractivity contribution in [3.63, 3.8) is 0 Å². The molecule has 1 unspecified atom stereocenters. The van der Waals surface area contributed by atoms with Crippen molar-refractivity contribution in [3.05, 3.63) is 69.4 Å². The lowest BCUT2D eigenvalue weighted by Gasteiger charge is -2.26. The van der Waals surface area contributed by atoms with Gasteiger partial charge in [0.15, 0.2) is 5.54 Å². The molecule has 32 heavy (non-hydrogen) atoms.